The first kappa shape index (κ1) is 10.8. The monoisotopic (exact) mass is 232 g/mol. The minimum atomic E-state index is -0.0754. The number of aromatic nitrogens is 1. The van der Waals surface area contributed by atoms with Crippen molar-refractivity contribution in [3.63, 3.8) is 0 Å². The van der Waals surface area contributed by atoms with Crippen LogP contribution in [0, 0.1) is 0 Å². The first-order chi connectivity index (χ1) is 7.77. The Morgan fingerprint density at radius 3 is 2.94 bits per heavy atom. The van der Waals surface area contributed by atoms with Gasteiger partial charge in [-0.25, -0.2) is 0 Å². The molecule has 1 amide bonds. The molecule has 1 N–H and O–H groups in total. The van der Waals surface area contributed by atoms with Crippen molar-refractivity contribution in [2.45, 2.75) is 13.0 Å². The van der Waals surface area contributed by atoms with E-state index in [-0.39, 0.29) is 11.9 Å². The largest absolute Gasteiger partial charge is 0.344 e. The maximum atomic E-state index is 11.8. The lowest BCUT2D eigenvalue weighted by Crippen LogP contribution is -2.26. The number of rotatable bonds is 3. The van der Waals surface area contributed by atoms with Crippen molar-refractivity contribution in [3.8, 4) is 0 Å². The number of nitrogens with zero attached hydrogens (tertiary/aromatic N) is 1. The van der Waals surface area contributed by atoms with E-state index in [2.05, 4.69) is 10.3 Å². The van der Waals surface area contributed by atoms with Crippen molar-refractivity contribution >= 4 is 17.2 Å². The van der Waals surface area contributed by atoms with Crippen LogP contribution in [-0.2, 0) is 0 Å². The van der Waals surface area contributed by atoms with Gasteiger partial charge in [0.25, 0.3) is 5.91 Å². The predicted molar refractivity (Wildman–Crippen MR) is 64.4 cm³/mol. The highest BCUT2D eigenvalue weighted by Gasteiger charge is 2.11. The van der Waals surface area contributed by atoms with E-state index in [0.29, 0.717) is 5.56 Å². The number of hydrogen-bond donors (Lipinski definition) is 1. The first-order valence-corrected chi connectivity index (χ1v) is 5.95. The van der Waals surface area contributed by atoms with Crippen molar-refractivity contribution in [3.05, 3.63) is 52.5 Å². The molecule has 0 radical (unpaired) electrons. The molecule has 16 heavy (non-hydrogen) atoms. The normalized spacial score (nSPS) is 12.1. The fraction of sp³-hybridized carbons (Fsp3) is 0.167. The van der Waals surface area contributed by atoms with E-state index >= 15 is 0 Å². The number of pyridine rings is 1. The van der Waals surface area contributed by atoms with E-state index in [1.54, 1.807) is 6.20 Å². The van der Waals surface area contributed by atoms with E-state index in [1.165, 1.54) is 11.3 Å². The minimum Gasteiger partial charge on any atom is -0.344 e. The third-order valence-corrected chi connectivity index (χ3v) is 2.95. The van der Waals surface area contributed by atoms with Crippen LogP contribution in [0.15, 0.2) is 41.2 Å². The second-order valence-electron chi connectivity index (χ2n) is 3.46. The molecule has 0 aliphatic rings. The lowest BCUT2D eigenvalue weighted by atomic mass is 10.2. The fourth-order valence-corrected chi connectivity index (χ4v) is 2.02. The Morgan fingerprint density at radius 1 is 1.44 bits per heavy atom. The zero-order chi connectivity index (χ0) is 11.4. The second kappa shape index (κ2) is 4.90. The second-order valence-corrected chi connectivity index (χ2v) is 4.24. The average molecular weight is 232 g/mol. The van der Waals surface area contributed by atoms with E-state index in [4.69, 9.17) is 0 Å². The number of hydrogen-bond acceptors (Lipinski definition) is 3. The molecule has 1 atom stereocenters. The summed E-state index contributed by atoms with van der Waals surface area (Å²) in [5, 5.41) is 6.63. The molecule has 4 heteroatoms. The van der Waals surface area contributed by atoms with Gasteiger partial charge in [-0.05, 0) is 30.5 Å². The lowest BCUT2D eigenvalue weighted by Gasteiger charge is -2.12. The Hall–Kier alpha value is -1.68. The molecule has 2 aromatic rings. The summed E-state index contributed by atoms with van der Waals surface area (Å²) in [6.07, 6.45) is 1.72. The fourth-order valence-electron chi connectivity index (χ4n) is 1.38. The summed E-state index contributed by atoms with van der Waals surface area (Å²) in [6.45, 7) is 1.92. The van der Waals surface area contributed by atoms with E-state index in [0.717, 1.165) is 5.69 Å². The molecule has 2 rings (SSSR count). The highest BCUT2D eigenvalue weighted by molar-refractivity contribution is 7.08. The number of thiophene rings is 1. The number of amides is 1. The molecule has 0 aliphatic heterocycles. The highest BCUT2D eigenvalue weighted by atomic mass is 32.1. The predicted octanol–water partition coefficient (Wildman–Crippen LogP) is 2.63. The van der Waals surface area contributed by atoms with Crippen molar-refractivity contribution in [1.82, 2.24) is 10.3 Å². The van der Waals surface area contributed by atoms with Gasteiger partial charge in [0.15, 0.2) is 0 Å². The molecule has 0 saturated heterocycles. The topological polar surface area (TPSA) is 42.0 Å². The van der Waals surface area contributed by atoms with Gasteiger partial charge in [-0.3, -0.25) is 9.78 Å². The van der Waals surface area contributed by atoms with Crippen LogP contribution in [0.25, 0.3) is 0 Å². The summed E-state index contributed by atoms with van der Waals surface area (Å²) < 4.78 is 0. The maximum Gasteiger partial charge on any atom is 0.252 e. The quantitative estimate of drug-likeness (QED) is 0.884. The first-order valence-electron chi connectivity index (χ1n) is 5.01. The Labute approximate surface area is 98.2 Å². The van der Waals surface area contributed by atoms with E-state index < -0.39 is 0 Å². The Balaban J connectivity index is 2.03. The van der Waals surface area contributed by atoms with Crippen LogP contribution in [0.4, 0.5) is 0 Å². The molecule has 82 valence electrons. The van der Waals surface area contributed by atoms with Gasteiger partial charge in [0, 0.05) is 11.6 Å². The van der Waals surface area contributed by atoms with Gasteiger partial charge in [-0.1, -0.05) is 6.07 Å². The third-order valence-electron chi connectivity index (χ3n) is 2.26. The van der Waals surface area contributed by atoms with Gasteiger partial charge in [0.05, 0.1) is 17.3 Å². The number of carbonyl (C=O) groups excluding carboxylic acids is 1. The highest BCUT2D eigenvalue weighted by Crippen LogP contribution is 2.11. The van der Waals surface area contributed by atoms with E-state index in [9.17, 15) is 4.79 Å². The Bertz CT molecular complexity index is 453. The molecule has 0 unspecified atom stereocenters. The van der Waals surface area contributed by atoms with Crippen LogP contribution in [0.5, 0.6) is 0 Å². The van der Waals surface area contributed by atoms with Crippen LogP contribution < -0.4 is 5.32 Å². The molecule has 0 aliphatic carbocycles. The summed E-state index contributed by atoms with van der Waals surface area (Å²) in [5.41, 5.74) is 1.57. The summed E-state index contributed by atoms with van der Waals surface area (Å²) in [4.78, 5) is 16.0. The van der Waals surface area contributed by atoms with Gasteiger partial charge < -0.3 is 5.32 Å². The standard InChI is InChI=1S/C12H12N2OS/c1-9(11-4-2-3-6-13-11)14-12(15)10-5-7-16-8-10/h2-9H,1H3,(H,14,15)/t9-/m0/s1. The third kappa shape index (κ3) is 2.46. The summed E-state index contributed by atoms with van der Waals surface area (Å²) in [7, 11) is 0. The molecular weight excluding hydrogens is 220 g/mol. The summed E-state index contributed by atoms with van der Waals surface area (Å²) in [6, 6.07) is 7.41. The Morgan fingerprint density at radius 2 is 2.31 bits per heavy atom. The van der Waals surface area contributed by atoms with Crippen molar-refractivity contribution in [1.29, 1.82) is 0 Å². The van der Waals surface area contributed by atoms with Crippen LogP contribution >= 0.6 is 11.3 Å². The van der Waals surface area contributed by atoms with E-state index in [1.807, 2.05) is 41.9 Å². The molecule has 2 aromatic heterocycles. The van der Waals surface area contributed by atoms with Crippen LogP contribution in [0.2, 0.25) is 0 Å². The van der Waals surface area contributed by atoms with Crippen LogP contribution in [0.3, 0.4) is 0 Å². The van der Waals surface area contributed by atoms with Gasteiger partial charge in [-0.15, -0.1) is 0 Å². The molecule has 0 fully saturated rings. The van der Waals surface area contributed by atoms with Gasteiger partial charge >= 0.3 is 0 Å². The van der Waals surface area contributed by atoms with Gasteiger partial charge in [0.2, 0.25) is 0 Å². The zero-order valence-corrected chi connectivity index (χ0v) is 9.70. The SMILES string of the molecule is C[C@H](NC(=O)c1ccsc1)c1ccccn1. The molecule has 0 aromatic carbocycles. The molecule has 2 heterocycles. The molecule has 0 spiro atoms. The van der Waals surface area contributed by atoms with Crippen molar-refractivity contribution in [2.75, 3.05) is 0 Å². The average Bonchev–Trinajstić information content (AvgIpc) is 2.83. The smallest absolute Gasteiger partial charge is 0.252 e. The minimum absolute atomic E-state index is 0.0561. The van der Waals surface area contributed by atoms with Crippen molar-refractivity contribution in [2.24, 2.45) is 0 Å². The lowest BCUT2D eigenvalue weighted by molar-refractivity contribution is 0.0939. The molecule has 0 bridgehead atoms. The number of carbonyl (C=O) groups is 1. The zero-order valence-electron chi connectivity index (χ0n) is 8.88. The molecular formula is C12H12N2OS. The summed E-state index contributed by atoms with van der Waals surface area (Å²) in [5.74, 6) is -0.0561. The van der Waals surface area contributed by atoms with Gasteiger partial charge in [-0.2, -0.15) is 11.3 Å². The molecule has 0 saturated carbocycles. The number of nitrogens with one attached hydrogen (secondary N) is 1. The van der Waals surface area contributed by atoms with Crippen LogP contribution in [-0.4, -0.2) is 10.9 Å². The van der Waals surface area contributed by atoms with Crippen molar-refractivity contribution < 1.29 is 4.79 Å². The van der Waals surface area contributed by atoms with Crippen LogP contribution in [0.1, 0.15) is 29.0 Å². The Kier molecular flexibility index (Phi) is 3.31. The maximum absolute atomic E-state index is 11.8. The summed E-state index contributed by atoms with van der Waals surface area (Å²) >= 11 is 1.51. The van der Waals surface area contributed by atoms with Gasteiger partial charge in [0.1, 0.15) is 0 Å². The molecule has 3 nitrogen and oxygen atoms in total.